The number of hydrogen-bond donors (Lipinski definition) is 6. The second-order valence-electron chi connectivity index (χ2n) is 9.61. The number of likely N-dealkylation sites (N-methyl/N-ethyl adjacent to an activating group) is 1. The molecule has 6 N–H and O–H groups in total. The standard InChI is InChI=1S/C24H29N3O8/c1-26(2)13-5-6-14(29)16-11(13)7-10-8-12-18(27(3)4)20(31)17(23(34)25-9-28)22(33)24(12,35)21(32)15(10)19(16)30/h5-6,10,12,18,28-30,33,35H,7-9H2,1-4H3,(H,25,34)/t10?,12?,18-,24-/m0/s1. The number of phenolic OH excluding ortho intramolecular Hbond substituents is 1. The highest BCUT2D eigenvalue weighted by Crippen LogP contribution is 2.53. The van der Waals surface area contributed by atoms with Gasteiger partial charge in [-0.2, -0.15) is 0 Å². The molecule has 0 spiro atoms. The number of nitrogens with one attached hydrogen (secondary N) is 1. The summed E-state index contributed by atoms with van der Waals surface area (Å²) in [4.78, 5) is 42.9. The highest BCUT2D eigenvalue weighted by molar-refractivity contribution is 6.25. The minimum atomic E-state index is -2.67. The number of Topliss-reactive ketones (excluding diaryl/α,β-unsaturated/α-hetero) is 2. The molecule has 1 aromatic rings. The number of nitrogens with zero attached hydrogens (tertiary/aromatic N) is 2. The fourth-order valence-corrected chi connectivity index (χ4v) is 5.79. The molecule has 11 nitrogen and oxygen atoms in total. The van der Waals surface area contributed by atoms with Crippen molar-refractivity contribution in [1.29, 1.82) is 0 Å². The van der Waals surface area contributed by atoms with Crippen molar-refractivity contribution >= 4 is 28.9 Å². The maximum Gasteiger partial charge on any atom is 0.260 e. The third kappa shape index (κ3) is 3.33. The summed E-state index contributed by atoms with van der Waals surface area (Å²) in [7, 11) is 6.71. The highest BCUT2D eigenvalue weighted by atomic mass is 16.3. The summed E-state index contributed by atoms with van der Waals surface area (Å²) in [5, 5.41) is 55.4. The fraction of sp³-hybridized carbons (Fsp3) is 0.458. The molecule has 1 aromatic carbocycles. The number of benzene rings is 1. The molecule has 4 atom stereocenters. The van der Waals surface area contributed by atoms with Crippen LogP contribution in [0, 0.1) is 11.8 Å². The Labute approximate surface area is 201 Å². The van der Waals surface area contributed by atoms with Gasteiger partial charge in [-0.1, -0.05) is 0 Å². The number of carbonyl (C=O) groups excluding carboxylic acids is 3. The van der Waals surface area contributed by atoms with Crippen molar-refractivity contribution in [2.45, 2.75) is 24.5 Å². The SMILES string of the molecule is CN(C)c1ccc(O)c2c1CC1CC3[C@H](N(C)C)C(=O)C(C(=O)NCO)=C(O)[C@@]3(O)C(=O)C1=C2O. The largest absolute Gasteiger partial charge is 0.508 e. The molecule has 0 saturated heterocycles. The number of ketones is 2. The van der Waals surface area contributed by atoms with E-state index < -0.39 is 64.8 Å². The van der Waals surface area contributed by atoms with Crippen LogP contribution in [0.1, 0.15) is 17.5 Å². The molecule has 4 rings (SSSR count). The van der Waals surface area contributed by atoms with E-state index in [4.69, 9.17) is 5.11 Å². The first kappa shape index (κ1) is 24.7. The van der Waals surface area contributed by atoms with E-state index in [9.17, 15) is 34.8 Å². The molecule has 11 heteroatoms. The zero-order valence-electron chi connectivity index (χ0n) is 19.9. The van der Waals surface area contributed by atoms with Crippen LogP contribution in [-0.4, -0.2) is 94.5 Å². The highest BCUT2D eigenvalue weighted by Gasteiger charge is 2.64. The minimum absolute atomic E-state index is 0.0388. The molecule has 1 saturated carbocycles. The summed E-state index contributed by atoms with van der Waals surface area (Å²) in [5.74, 6) is -6.57. The molecule has 0 bridgehead atoms. The first-order valence-electron chi connectivity index (χ1n) is 11.1. The van der Waals surface area contributed by atoms with Crippen molar-refractivity contribution < 1.29 is 39.9 Å². The molecule has 2 unspecified atom stereocenters. The summed E-state index contributed by atoms with van der Waals surface area (Å²) in [6.07, 6.45) is 0.281. The summed E-state index contributed by atoms with van der Waals surface area (Å²) in [5.41, 5.74) is -2.26. The average Bonchev–Trinajstić information content (AvgIpc) is 2.76. The van der Waals surface area contributed by atoms with E-state index in [2.05, 4.69) is 0 Å². The quantitative estimate of drug-likeness (QED) is 0.243. The van der Waals surface area contributed by atoms with E-state index in [0.29, 0.717) is 5.56 Å². The molecule has 188 valence electrons. The number of hydrogen-bond acceptors (Lipinski definition) is 10. The molecule has 35 heavy (non-hydrogen) atoms. The molecular formula is C24H29N3O8. The van der Waals surface area contributed by atoms with Crippen molar-refractivity contribution in [2.75, 3.05) is 39.8 Å². The molecule has 0 heterocycles. The van der Waals surface area contributed by atoms with Gasteiger partial charge in [0.05, 0.1) is 11.6 Å². The molecule has 1 amide bonds. The van der Waals surface area contributed by atoms with Gasteiger partial charge in [-0.05, 0) is 50.6 Å². The van der Waals surface area contributed by atoms with Gasteiger partial charge < -0.3 is 35.7 Å². The third-order valence-electron chi connectivity index (χ3n) is 7.28. The predicted octanol–water partition coefficient (Wildman–Crippen LogP) is -0.389. The van der Waals surface area contributed by atoms with Crippen LogP contribution in [0.25, 0.3) is 5.76 Å². The number of anilines is 1. The van der Waals surface area contributed by atoms with E-state index in [0.717, 1.165) is 5.69 Å². The fourth-order valence-electron chi connectivity index (χ4n) is 5.79. The summed E-state index contributed by atoms with van der Waals surface area (Å²) >= 11 is 0. The maximum atomic E-state index is 13.8. The van der Waals surface area contributed by atoms with Crippen LogP contribution >= 0.6 is 0 Å². The number of carbonyl (C=O) groups is 3. The van der Waals surface area contributed by atoms with Crippen LogP contribution in [-0.2, 0) is 20.8 Å². The van der Waals surface area contributed by atoms with Gasteiger partial charge in [0.15, 0.2) is 11.4 Å². The van der Waals surface area contributed by atoms with Crippen molar-refractivity contribution in [2.24, 2.45) is 11.8 Å². The average molecular weight is 488 g/mol. The van der Waals surface area contributed by atoms with Gasteiger partial charge >= 0.3 is 0 Å². The molecule has 0 aliphatic heterocycles. The first-order chi connectivity index (χ1) is 16.4. The molecular weight excluding hydrogens is 458 g/mol. The van der Waals surface area contributed by atoms with E-state index in [1.807, 2.05) is 10.2 Å². The van der Waals surface area contributed by atoms with Crippen LogP contribution in [0.15, 0.2) is 29.0 Å². The zero-order chi connectivity index (χ0) is 26.0. The Bertz CT molecular complexity index is 1200. The van der Waals surface area contributed by atoms with Gasteiger partial charge in [0.25, 0.3) is 5.91 Å². The van der Waals surface area contributed by atoms with Gasteiger partial charge in [-0.15, -0.1) is 0 Å². The number of fused-ring (bicyclic) bond motifs is 3. The van der Waals surface area contributed by atoms with Gasteiger partial charge in [0.1, 0.15) is 29.6 Å². The van der Waals surface area contributed by atoms with Crippen molar-refractivity contribution in [3.8, 4) is 5.75 Å². The Morgan fingerprint density at radius 1 is 1.14 bits per heavy atom. The lowest BCUT2D eigenvalue weighted by atomic mass is 9.57. The van der Waals surface area contributed by atoms with Crippen LogP contribution in [0.4, 0.5) is 5.69 Å². The number of phenols is 1. The lowest BCUT2D eigenvalue weighted by Crippen LogP contribution is -2.65. The molecule has 1 fully saturated rings. The monoisotopic (exact) mass is 487 g/mol. The predicted molar refractivity (Wildman–Crippen MR) is 125 cm³/mol. The van der Waals surface area contributed by atoms with Crippen LogP contribution < -0.4 is 10.2 Å². The molecule has 0 aromatic heterocycles. The summed E-state index contributed by atoms with van der Waals surface area (Å²) in [6.45, 7) is -0.830. The van der Waals surface area contributed by atoms with Crippen LogP contribution in [0.5, 0.6) is 5.75 Å². The number of aliphatic hydroxyl groups is 4. The topological polar surface area (TPSA) is 171 Å². The van der Waals surface area contributed by atoms with Crippen LogP contribution in [0.2, 0.25) is 0 Å². The summed E-state index contributed by atoms with van der Waals surface area (Å²) < 4.78 is 0. The van der Waals surface area contributed by atoms with Gasteiger partial charge in [0.2, 0.25) is 5.78 Å². The number of rotatable bonds is 4. The van der Waals surface area contributed by atoms with Gasteiger partial charge in [-0.25, -0.2) is 0 Å². The first-order valence-corrected chi connectivity index (χ1v) is 11.1. The zero-order valence-corrected chi connectivity index (χ0v) is 19.9. The van der Waals surface area contributed by atoms with E-state index in [1.165, 1.54) is 11.0 Å². The van der Waals surface area contributed by atoms with Gasteiger partial charge in [-0.3, -0.25) is 19.3 Å². The van der Waals surface area contributed by atoms with Gasteiger partial charge in [0, 0.05) is 31.3 Å². The van der Waals surface area contributed by atoms with Crippen LogP contribution in [0.3, 0.4) is 0 Å². The third-order valence-corrected chi connectivity index (χ3v) is 7.28. The molecule has 0 radical (unpaired) electrons. The number of aliphatic hydroxyl groups excluding tert-OH is 3. The van der Waals surface area contributed by atoms with Crippen molar-refractivity contribution in [3.05, 3.63) is 40.2 Å². The van der Waals surface area contributed by atoms with Crippen molar-refractivity contribution in [3.63, 3.8) is 0 Å². The smallest absolute Gasteiger partial charge is 0.260 e. The second kappa shape index (κ2) is 8.36. The molecule has 3 aliphatic rings. The maximum absolute atomic E-state index is 13.8. The Hall–Kier alpha value is -3.41. The normalized spacial score (nSPS) is 28.0. The Balaban J connectivity index is 1.97. The number of aromatic hydroxyl groups is 1. The lowest BCUT2D eigenvalue weighted by molar-refractivity contribution is -0.153. The Kier molecular flexibility index (Phi) is 5.90. The van der Waals surface area contributed by atoms with E-state index >= 15 is 0 Å². The minimum Gasteiger partial charge on any atom is -0.508 e. The van der Waals surface area contributed by atoms with E-state index in [1.54, 1.807) is 34.3 Å². The number of amides is 1. The Morgan fingerprint density at radius 3 is 2.37 bits per heavy atom. The summed E-state index contributed by atoms with van der Waals surface area (Å²) in [6, 6.07) is 1.95. The molecule has 3 aliphatic carbocycles. The Morgan fingerprint density at radius 2 is 1.80 bits per heavy atom. The second-order valence-corrected chi connectivity index (χ2v) is 9.61. The van der Waals surface area contributed by atoms with Crippen molar-refractivity contribution in [1.82, 2.24) is 10.2 Å². The lowest BCUT2D eigenvalue weighted by Gasteiger charge is -2.50. The van der Waals surface area contributed by atoms with E-state index in [-0.39, 0.29) is 29.7 Å².